The summed E-state index contributed by atoms with van der Waals surface area (Å²) in [6.07, 6.45) is 1.70. The average Bonchev–Trinajstić information content (AvgIpc) is 3.32. The molecule has 0 unspecified atom stereocenters. The van der Waals surface area contributed by atoms with Gasteiger partial charge in [-0.15, -0.1) is 11.3 Å². The normalized spacial score (nSPS) is 10.5. The van der Waals surface area contributed by atoms with Crippen molar-refractivity contribution in [2.24, 2.45) is 0 Å². The van der Waals surface area contributed by atoms with Crippen LogP contribution in [0, 0.1) is 13.8 Å². The predicted octanol–water partition coefficient (Wildman–Crippen LogP) is 3.38. The molecule has 8 heteroatoms. The van der Waals surface area contributed by atoms with Crippen LogP contribution < -0.4 is 0 Å². The van der Waals surface area contributed by atoms with Gasteiger partial charge in [0.25, 0.3) is 0 Å². The van der Waals surface area contributed by atoms with Crippen molar-refractivity contribution in [3.63, 3.8) is 0 Å². The molecule has 0 amide bonds. The Labute approximate surface area is 165 Å². The lowest BCUT2D eigenvalue weighted by molar-refractivity contribution is 0.0463. The maximum atomic E-state index is 12.6. The summed E-state index contributed by atoms with van der Waals surface area (Å²) in [6.45, 7) is 3.26. The quantitative estimate of drug-likeness (QED) is 0.467. The first-order valence-electron chi connectivity index (χ1n) is 8.40. The SMILES string of the molecule is COC(=O)c1ccccc1C(=O)OCC(=O)c1cc(C)n(-c2nccs2)c1C. The number of Topliss-reactive ketones (excluding diaryl/α,β-unsaturated/α-hetero) is 1. The number of carbonyl (C=O) groups excluding carboxylic acids is 3. The van der Waals surface area contributed by atoms with E-state index >= 15 is 0 Å². The Bertz CT molecular complexity index is 1040. The number of ketones is 1. The number of methoxy groups -OCH3 is 1. The molecule has 2 aromatic heterocycles. The van der Waals surface area contributed by atoms with Crippen molar-refractivity contribution < 1.29 is 23.9 Å². The molecule has 0 aliphatic rings. The van der Waals surface area contributed by atoms with Gasteiger partial charge in [-0.1, -0.05) is 12.1 Å². The molecule has 0 aliphatic carbocycles. The average molecular weight is 398 g/mol. The fourth-order valence-electron chi connectivity index (χ4n) is 2.90. The maximum absolute atomic E-state index is 12.6. The highest BCUT2D eigenvalue weighted by Gasteiger charge is 2.22. The third kappa shape index (κ3) is 3.72. The first-order valence-corrected chi connectivity index (χ1v) is 9.28. The largest absolute Gasteiger partial charge is 0.465 e. The zero-order valence-electron chi connectivity index (χ0n) is 15.6. The van der Waals surface area contributed by atoms with Gasteiger partial charge < -0.3 is 9.47 Å². The van der Waals surface area contributed by atoms with Gasteiger partial charge in [0.05, 0.1) is 18.2 Å². The Morgan fingerprint density at radius 2 is 1.75 bits per heavy atom. The minimum atomic E-state index is -0.761. The number of benzene rings is 1. The molecule has 2 heterocycles. The Balaban J connectivity index is 1.76. The van der Waals surface area contributed by atoms with Crippen molar-refractivity contribution in [1.29, 1.82) is 0 Å². The van der Waals surface area contributed by atoms with Gasteiger partial charge in [-0.3, -0.25) is 9.36 Å². The van der Waals surface area contributed by atoms with Crippen molar-refractivity contribution >= 4 is 29.1 Å². The van der Waals surface area contributed by atoms with E-state index in [-0.39, 0.29) is 16.9 Å². The first kappa shape index (κ1) is 19.5. The van der Waals surface area contributed by atoms with E-state index in [4.69, 9.17) is 4.74 Å². The van der Waals surface area contributed by atoms with Gasteiger partial charge in [0.1, 0.15) is 0 Å². The van der Waals surface area contributed by atoms with E-state index in [9.17, 15) is 14.4 Å². The van der Waals surface area contributed by atoms with E-state index in [0.29, 0.717) is 5.56 Å². The zero-order valence-corrected chi connectivity index (χ0v) is 16.4. The maximum Gasteiger partial charge on any atom is 0.339 e. The summed E-state index contributed by atoms with van der Waals surface area (Å²) in [5.41, 5.74) is 2.18. The molecule has 0 bridgehead atoms. The van der Waals surface area contributed by atoms with Crippen LogP contribution in [0.3, 0.4) is 0 Å². The van der Waals surface area contributed by atoms with Crippen LogP contribution in [0.5, 0.6) is 0 Å². The summed E-state index contributed by atoms with van der Waals surface area (Å²) in [6, 6.07) is 7.88. The highest BCUT2D eigenvalue weighted by Crippen LogP contribution is 2.23. The molecule has 0 atom stereocenters. The molecule has 3 rings (SSSR count). The smallest absolute Gasteiger partial charge is 0.339 e. The first-order chi connectivity index (χ1) is 13.4. The number of carbonyl (C=O) groups is 3. The molecular weight excluding hydrogens is 380 g/mol. The lowest BCUT2D eigenvalue weighted by Gasteiger charge is -2.08. The number of thiazole rings is 1. The van der Waals surface area contributed by atoms with Crippen molar-refractivity contribution in [2.75, 3.05) is 13.7 Å². The van der Waals surface area contributed by atoms with E-state index in [1.165, 1.54) is 30.6 Å². The van der Waals surface area contributed by atoms with Crippen LogP contribution in [-0.4, -0.2) is 41.0 Å². The van der Waals surface area contributed by atoms with Crippen molar-refractivity contribution in [3.8, 4) is 5.13 Å². The van der Waals surface area contributed by atoms with Gasteiger partial charge in [-0.05, 0) is 32.0 Å². The van der Waals surface area contributed by atoms with Gasteiger partial charge in [0, 0.05) is 28.5 Å². The number of esters is 2. The highest BCUT2D eigenvalue weighted by molar-refractivity contribution is 7.12. The van der Waals surface area contributed by atoms with Crippen LogP contribution in [0.25, 0.3) is 5.13 Å². The van der Waals surface area contributed by atoms with E-state index < -0.39 is 18.5 Å². The molecule has 0 fully saturated rings. The van der Waals surface area contributed by atoms with E-state index in [0.717, 1.165) is 16.5 Å². The van der Waals surface area contributed by atoms with Crippen LogP contribution in [-0.2, 0) is 9.47 Å². The highest BCUT2D eigenvalue weighted by atomic mass is 32.1. The predicted molar refractivity (Wildman–Crippen MR) is 103 cm³/mol. The molecule has 1 aromatic carbocycles. The molecule has 0 radical (unpaired) electrons. The van der Waals surface area contributed by atoms with Crippen molar-refractivity contribution in [3.05, 3.63) is 70.0 Å². The number of hydrogen-bond donors (Lipinski definition) is 0. The third-order valence-electron chi connectivity index (χ3n) is 4.23. The van der Waals surface area contributed by atoms with E-state index in [2.05, 4.69) is 9.72 Å². The van der Waals surface area contributed by atoms with Crippen LogP contribution in [0.1, 0.15) is 42.5 Å². The second-order valence-corrected chi connectivity index (χ2v) is 6.84. The summed E-state index contributed by atoms with van der Waals surface area (Å²) in [5.74, 6) is -1.74. The number of ether oxygens (including phenoxy) is 2. The number of aryl methyl sites for hydroxylation is 1. The molecule has 0 spiro atoms. The van der Waals surface area contributed by atoms with E-state index in [1.807, 2.05) is 23.8 Å². The number of rotatable bonds is 6. The molecule has 0 N–H and O–H groups in total. The number of nitrogens with zero attached hydrogens (tertiary/aromatic N) is 2. The second-order valence-electron chi connectivity index (χ2n) is 5.97. The Morgan fingerprint density at radius 1 is 1.07 bits per heavy atom. The van der Waals surface area contributed by atoms with Crippen LogP contribution >= 0.6 is 11.3 Å². The molecule has 0 saturated carbocycles. The third-order valence-corrected chi connectivity index (χ3v) is 4.99. The standard InChI is InChI=1S/C20H18N2O5S/c1-12-10-16(13(2)22(12)20-21-8-9-28-20)17(23)11-27-19(25)15-7-5-4-6-14(15)18(24)26-3/h4-10H,11H2,1-3H3. The number of aromatic nitrogens is 2. The van der Waals surface area contributed by atoms with Crippen molar-refractivity contribution in [2.45, 2.75) is 13.8 Å². The van der Waals surface area contributed by atoms with E-state index in [1.54, 1.807) is 24.4 Å². The monoisotopic (exact) mass is 398 g/mol. The molecule has 7 nitrogen and oxygen atoms in total. The van der Waals surface area contributed by atoms with Crippen LogP contribution in [0.15, 0.2) is 41.9 Å². The molecule has 0 saturated heterocycles. The molecule has 0 aliphatic heterocycles. The van der Waals surface area contributed by atoms with Crippen LogP contribution in [0.2, 0.25) is 0 Å². The summed E-state index contributed by atoms with van der Waals surface area (Å²) >= 11 is 1.46. The minimum Gasteiger partial charge on any atom is -0.465 e. The van der Waals surface area contributed by atoms with Gasteiger partial charge in [-0.25, -0.2) is 14.6 Å². The summed E-state index contributed by atoms with van der Waals surface area (Å²) in [5, 5.41) is 2.62. The molecule has 144 valence electrons. The lowest BCUT2D eigenvalue weighted by atomic mass is 10.1. The summed E-state index contributed by atoms with van der Waals surface area (Å²) in [4.78, 5) is 41.0. The summed E-state index contributed by atoms with van der Waals surface area (Å²) < 4.78 is 11.7. The summed E-state index contributed by atoms with van der Waals surface area (Å²) in [7, 11) is 1.23. The van der Waals surface area contributed by atoms with Gasteiger partial charge in [0.15, 0.2) is 11.7 Å². The zero-order chi connectivity index (χ0) is 20.3. The second kappa shape index (κ2) is 8.18. The Morgan fingerprint density at radius 3 is 2.36 bits per heavy atom. The van der Waals surface area contributed by atoms with Gasteiger partial charge in [0.2, 0.25) is 5.78 Å². The lowest BCUT2D eigenvalue weighted by Crippen LogP contribution is -2.17. The molecule has 28 heavy (non-hydrogen) atoms. The molecule has 3 aromatic rings. The fraction of sp³-hybridized carbons (Fsp3) is 0.200. The fourth-order valence-corrected chi connectivity index (χ4v) is 3.65. The topological polar surface area (TPSA) is 87.5 Å². The number of hydrogen-bond acceptors (Lipinski definition) is 7. The van der Waals surface area contributed by atoms with Crippen molar-refractivity contribution in [1.82, 2.24) is 9.55 Å². The molecular formula is C20H18N2O5S. The van der Waals surface area contributed by atoms with Crippen LogP contribution in [0.4, 0.5) is 0 Å². The Kier molecular flexibility index (Phi) is 5.70. The van der Waals surface area contributed by atoms with Gasteiger partial charge >= 0.3 is 11.9 Å². The minimum absolute atomic E-state index is 0.0513. The Hall–Kier alpha value is -3.26. The van der Waals surface area contributed by atoms with Gasteiger partial charge in [-0.2, -0.15) is 0 Å².